The van der Waals surface area contributed by atoms with Crippen LogP contribution >= 0.6 is 0 Å². The molecule has 2 N–H and O–H groups in total. The molecule has 0 unspecified atom stereocenters. The third kappa shape index (κ3) is 3.11. The summed E-state index contributed by atoms with van der Waals surface area (Å²) in [5.74, 6) is 0.210. The van der Waals surface area contributed by atoms with E-state index in [9.17, 15) is 5.11 Å². The molecular weight excluding hydrogens is 382 g/mol. The maximum Gasteiger partial charge on any atom is 0.202 e. The number of hydrogen-bond acceptors (Lipinski definition) is 6. The molecule has 0 saturated carbocycles. The van der Waals surface area contributed by atoms with E-state index >= 15 is 0 Å². The van der Waals surface area contributed by atoms with Gasteiger partial charge in [0.15, 0.2) is 11.2 Å². The van der Waals surface area contributed by atoms with Gasteiger partial charge in [-0.1, -0.05) is 6.92 Å². The van der Waals surface area contributed by atoms with Crippen LogP contribution in [0.3, 0.4) is 0 Å². The van der Waals surface area contributed by atoms with E-state index in [0.29, 0.717) is 18.2 Å². The molecule has 5 heterocycles. The van der Waals surface area contributed by atoms with Crippen LogP contribution in [0.15, 0.2) is 29.1 Å². The number of nitrogens with one attached hydrogen (secondary N) is 1. The number of hydrogen-bond donors (Lipinski definition) is 2. The lowest BCUT2D eigenvalue weighted by Gasteiger charge is -2.26. The SMILES string of the molecule is CCc1nc2c(cnn2CC)c(NC2CCOCC2)c1Cn1cc2occc2c1O. The summed E-state index contributed by atoms with van der Waals surface area (Å²) in [4.78, 5) is 4.96. The summed E-state index contributed by atoms with van der Waals surface area (Å²) in [7, 11) is 0. The number of anilines is 1. The highest BCUT2D eigenvalue weighted by Crippen LogP contribution is 2.34. The largest absolute Gasteiger partial charge is 0.494 e. The molecule has 5 rings (SSSR count). The summed E-state index contributed by atoms with van der Waals surface area (Å²) in [6.45, 7) is 7.00. The van der Waals surface area contributed by atoms with Crippen molar-refractivity contribution in [1.29, 1.82) is 0 Å². The van der Waals surface area contributed by atoms with Crippen molar-refractivity contribution in [3.8, 4) is 5.88 Å². The Hall–Kier alpha value is -3.00. The van der Waals surface area contributed by atoms with Gasteiger partial charge in [-0.2, -0.15) is 5.10 Å². The van der Waals surface area contributed by atoms with Gasteiger partial charge in [-0.25, -0.2) is 9.67 Å². The summed E-state index contributed by atoms with van der Waals surface area (Å²) >= 11 is 0. The Morgan fingerprint density at radius 3 is 2.80 bits per heavy atom. The van der Waals surface area contributed by atoms with Crippen LogP contribution in [0.5, 0.6) is 5.88 Å². The molecule has 4 aromatic heterocycles. The van der Waals surface area contributed by atoms with Crippen LogP contribution in [0.1, 0.15) is 37.9 Å². The van der Waals surface area contributed by atoms with Crippen molar-refractivity contribution in [2.24, 2.45) is 0 Å². The maximum absolute atomic E-state index is 10.7. The number of furan rings is 1. The zero-order valence-corrected chi connectivity index (χ0v) is 17.4. The third-order valence-electron chi connectivity index (χ3n) is 5.99. The van der Waals surface area contributed by atoms with Gasteiger partial charge in [-0.3, -0.25) is 0 Å². The fourth-order valence-electron chi connectivity index (χ4n) is 4.33. The van der Waals surface area contributed by atoms with Crippen molar-refractivity contribution in [1.82, 2.24) is 19.3 Å². The highest BCUT2D eigenvalue weighted by atomic mass is 16.5. The number of aromatic nitrogens is 4. The molecular formula is C22H27N5O3. The average molecular weight is 409 g/mol. The van der Waals surface area contributed by atoms with Crippen molar-refractivity contribution < 1.29 is 14.3 Å². The Bertz CT molecular complexity index is 1180. The minimum absolute atomic E-state index is 0.210. The lowest BCUT2D eigenvalue weighted by Crippen LogP contribution is -2.28. The van der Waals surface area contributed by atoms with Gasteiger partial charge in [0.1, 0.15) is 0 Å². The van der Waals surface area contributed by atoms with Crippen molar-refractivity contribution in [3.05, 3.63) is 36.0 Å². The second-order valence-corrected chi connectivity index (χ2v) is 7.77. The molecule has 4 aromatic rings. The van der Waals surface area contributed by atoms with Gasteiger partial charge < -0.3 is 24.1 Å². The fourth-order valence-corrected chi connectivity index (χ4v) is 4.33. The van der Waals surface area contributed by atoms with Crippen LogP contribution in [-0.4, -0.2) is 43.7 Å². The standard InChI is InChI=1S/C22H27N5O3/c1-3-18-17(12-26-13-19-15(22(26)28)7-10-30-19)20(24-14-5-8-29-9-6-14)16-11-23-27(4-2)21(16)25-18/h7,10-11,13-14,28H,3-6,8-9,12H2,1-2H3,(H,24,25). The molecule has 1 aliphatic rings. The van der Waals surface area contributed by atoms with E-state index in [1.54, 1.807) is 12.3 Å². The Kier molecular flexibility index (Phi) is 4.86. The van der Waals surface area contributed by atoms with E-state index in [0.717, 1.165) is 72.4 Å². The minimum Gasteiger partial charge on any atom is -0.494 e. The maximum atomic E-state index is 10.7. The van der Waals surface area contributed by atoms with Gasteiger partial charge in [-0.05, 0) is 32.3 Å². The highest BCUT2D eigenvalue weighted by Gasteiger charge is 2.23. The smallest absolute Gasteiger partial charge is 0.202 e. The van der Waals surface area contributed by atoms with Crippen LogP contribution in [0.4, 0.5) is 5.69 Å². The lowest BCUT2D eigenvalue weighted by atomic mass is 10.0. The van der Waals surface area contributed by atoms with E-state index < -0.39 is 0 Å². The van der Waals surface area contributed by atoms with Crippen molar-refractivity contribution in [2.45, 2.75) is 52.2 Å². The van der Waals surface area contributed by atoms with Crippen molar-refractivity contribution >= 4 is 27.7 Å². The molecule has 158 valence electrons. The van der Waals surface area contributed by atoms with E-state index in [-0.39, 0.29) is 5.88 Å². The molecule has 30 heavy (non-hydrogen) atoms. The Labute approximate surface area is 174 Å². The first-order chi connectivity index (χ1) is 14.7. The molecule has 0 radical (unpaired) electrons. The summed E-state index contributed by atoms with van der Waals surface area (Å²) in [6.07, 6.45) is 8.07. The fraction of sp³-hybridized carbons (Fsp3) is 0.455. The summed E-state index contributed by atoms with van der Waals surface area (Å²) in [5, 5.41) is 20.8. The second kappa shape index (κ2) is 7.68. The summed E-state index contributed by atoms with van der Waals surface area (Å²) in [6, 6.07) is 2.13. The van der Waals surface area contributed by atoms with Gasteiger partial charge in [0.05, 0.1) is 41.7 Å². The normalized spacial score (nSPS) is 15.4. The van der Waals surface area contributed by atoms with Gasteiger partial charge >= 0.3 is 0 Å². The van der Waals surface area contributed by atoms with E-state index in [1.165, 1.54) is 0 Å². The number of aromatic hydroxyl groups is 1. The summed E-state index contributed by atoms with van der Waals surface area (Å²) in [5.41, 5.74) is 4.74. The van der Waals surface area contributed by atoms with Gasteiger partial charge in [0.25, 0.3) is 0 Å². The summed E-state index contributed by atoms with van der Waals surface area (Å²) < 4.78 is 14.8. The molecule has 0 aromatic carbocycles. The Morgan fingerprint density at radius 1 is 1.23 bits per heavy atom. The third-order valence-corrected chi connectivity index (χ3v) is 5.99. The lowest BCUT2D eigenvalue weighted by molar-refractivity contribution is 0.0904. The van der Waals surface area contributed by atoms with Crippen LogP contribution < -0.4 is 5.32 Å². The molecule has 0 bridgehead atoms. The number of rotatable bonds is 6. The molecule has 0 spiro atoms. The monoisotopic (exact) mass is 409 g/mol. The van der Waals surface area contributed by atoms with Crippen LogP contribution in [0.25, 0.3) is 22.0 Å². The first-order valence-electron chi connectivity index (χ1n) is 10.7. The van der Waals surface area contributed by atoms with Crippen LogP contribution in [-0.2, 0) is 24.2 Å². The van der Waals surface area contributed by atoms with Crippen LogP contribution in [0, 0.1) is 0 Å². The molecule has 1 saturated heterocycles. The van der Waals surface area contributed by atoms with Crippen molar-refractivity contribution in [2.75, 3.05) is 18.5 Å². The Morgan fingerprint density at radius 2 is 2.07 bits per heavy atom. The quantitative estimate of drug-likeness (QED) is 0.502. The molecule has 1 fully saturated rings. The topological polar surface area (TPSA) is 90.3 Å². The zero-order chi connectivity index (χ0) is 20.7. The first kappa shape index (κ1) is 19.0. The molecule has 0 amide bonds. The molecule has 8 nitrogen and oxygen atoms in total. The molecule has 8 heteroatoms. The molecule has 0 aliphatic carbocycles. The number of nitrogens with zero attached hydrogens (tertiary/aromatic N) is 4. The number of ether oxygens (including phenoxy) is 1. The molecule has 1 aliphatic heterocycles. The average Bonchev–Trinajstić information content (AvgIpc) is 3.47. The van der Waals surface area contributed by atoms with Gasteiger partial charge in [0, 0.05) is 37.1 Å². The number of aryl methyl sites for hydroxylation is 2. The second-order valence-electron chi connectivity index (χ2n) is 7.77. The number of fused-ring (bicyclic) bond motifs is 2. The Balaban J connectivity index is 1.64. The minimum atomic E-state index is 0.210. The van der Waals surface area contributed by atoms with Gasteiger partial charge in [0.2, 0.25) is 5.88 Å². The van der Waals surface area contributed by atoms with E-state index in [4.69, 9.17) is 14.1 Å². The molecule has 0 atom stereocenters. The predicted molar refractivity (Wildman–Crippen MR) is 115 cm³/mol. The van der Waals surface area contributed by atoms with Crippen molar-refractivity contribution in [3.63, 3.8) is 0 Å². The van der Waals surface area contributed by atoms with E-state index in [2.05, 4.69) is 24.3 Å². The first-order valence-corrected chi connectivity index (χ1v) is 10.7. The van der Waals surface area contributed by atoms with Gasteiger partial charge in [-0.15, -0.1) is 0 Å². The predicted octanol–water partition coefficient (Wildman–Crippen LogP) is 3.91. The number of pyridine rings is 1. The van der Waals surface area contributed by atoms with E-state index in [1.807, 2.05) is 21.6 Å². The highest BCUT2D eigenvalue weighted by molar-refractivity contribution is 5.92. The van der Waals surface area contributed by atoms with Crippen LogP contribution in [0.2, 0.25) is 0 Å². The zero-order valence-electron chi connectivity index (χ0n) is 17.4.